The molecular formula is C20H25N5O2. The molecule has 1 amide bonds. The molecule has 0 N–H and O–H groups in total. The van der Waals surface area contributed by atoms with Crippen LogP contribution in [0, 0.1) is 6.92 Å². The van der Waals surface area contributed by atoms with Gasteiger partial charge >= 0.3 is 0 Å². The zero-order chi connectivity index (χ0) is 18.6. The number of hydrogen-bond acceptors (Lipinski definition) is 6. The lowest BCUT2D eigenvalue weighted by Crippen LogP contribution is -2.53. The predicted molar refractivity (Wildman–Crippen MR) is 102 cm³/mol. The van der Waals surface area contributed by atoms with E-state index in [0.717, 1.165) is 43.0 Å². The molecule has 142 valence electrons. The zero-order valence-electron chi connectivity index (χ0n) is 15.7. The van der Waals surface area contributed by atoms with E-state index in [1.807, 2.05) is 36.1 Å². The van der Waals surface area contributed by atoms with Crippen LogP contribution in [0.1, 0.15) is 25.0 Å². The third kappa shape index (κ3) is 3.93. The van der Waals surface area contributed by atoms with Gasteiger partial charge in [-0.15, -0.1) is 0 Å². The molecule has 2 fully saturated rings. The average molecular weight is 367 g/mol. The number of carbonyl (C=O) groups excluding carboxylic acids is 1. The van der Waals surface area contributed by atoms with Crippen molar-refractivity contribution in [2.45, 2.75) is 32.2 Å². The second-order valence-corrected chi connectivity index (χ2v) is 7.05. The molecule has 7 nitrogen and oxygen atoms in total. The Kier molecular flexibility index (Phi) is 5.29. The Balaban J connectivity index is 1.63. The number of aryl methyl sites for hydroxylation is 1. The van der Waals surface area contributed by atoms with E-state index >= 15 is 0 Å². The minimum absolute atomic E-state index is 0.164. The maximum Gasteiger partial charge on any atom is 0.245 e. The molecule has 1 atom stereocenters. The Labute approximate surface area is 159 Å². The Bertz CT molecular complexity index is 792. The first-order valence-electron chi connectivity index (χ1n) is 9.62. The van der Waals surface area contributed by atoms with E-state index < -0.39 is 0 Å². The van der Waals surface area contributed by atoms with Crippen molar-refractivity contribution in [3.05, 3.63) is 36.2 Å². The number of ether oxygens (including phenoxy) is 1. The summed E-state index contributed by atoms with van der Waals surface area (Å²) in [6, 6.07) is 7.52. The first-order chi connectivity index (χ1) is 13.2. The van der Waals surface area contributed by atoms with E-state index in [1.165, 1.54) is 0 Å². The number of amides is 1. The minimum atomic E-state index is -0.164. The molecule has 27 heavy (non-hydrogen) atoms. The van der Waals surface area contributed by atoms with Crippen molar-refractivity contribution < 1.29 is 9.53 Å². The van der Waals surface area contributed by atoms with Crippen molar-refractivity contribution >= 4 is 11.7 Å². The summed E-state index contributed by atoms with van der Waals surface area (Å²) in [5.74, 6) is 1.61. The Morgan fingerprint density at radius 2 is 2.00 bits per heavy atom. The van der Waals surface area contributed by atoms with Gasteiger partial charge in [0.25, 0.3) is 0 Å². The molecule has 0 aliphatic carbocycles. The van der Waals surface area contributed by atoms with E-state index in [-0.39, 0.29) is 11.9 Å². The van der Waals surface area contributed by atoms with Gasteiger partial charge in [0.05, 0.1) is 13.2 Å². The van der Waals surface area contributed by atoms with E-state index in [9.17, 15) is 4.79 Å². The van der Waals surface area contributed by atoms with Gasteiger partial charge in [0.15, 0.2) is 5.82 Å². The second kappa shape index (κ2) is 8.00. The number of anilines is 1. The van der Waals surface area contributed by atoms with Crippen LogP contribution in [0.25, 0.3) is 11.5 Å². The van der Waals surface area contributed by atoms with Gasteiger partial charge in [0.1, 0.15) is 17.6 Å². The lowest BCUT2D eigenvalue weighted by Gasteiger charge is -2.39. The highest BCUT2D eigenvalue weighted by molar-refractivity contribution is 5.85. The Hall–Kier alpha value is -2.54. The molecule has 2 aliphatic rings. The number of piperidine rings is 1. The molecule has 4 rings (SSSR count). The molecule has 7 heteroatoms. The first-order valence-corrected chi connectivity index (χ1v) is 9.62. The maximum absolute atomic E-state index is 13.1. The fourth-order valence-electron chi connectivity index (χ4n) is 3.77. The summed E-state index contributed by atoms with van der Waals surface area (Å²) in [6.45, 7) is 5.37. The van der Waals surface area contributed by atoms with Gasteiger partial charge in [0.2, 0.25) is 5.91 Å². The van der Waals surface area contributed by atoms with Gasteiger partial charge in [0, 0.05) is 37.6 Å². The standard InChI is InChI=1S/C20H25N5O2/c1-15-14-18(23-19(22-15)16-6-2-4-8-21-16)25-9-5-3-7-17(25)20(26)24-10-12-27-13-11-24/h2,4,6,8,14,17H,3,5,7,9-13H2,1H3/t17-/m0/s1. The molecule has 2 aliphatic heterocycles. The van der Waals surface area contributed by atoms with Crippen molar-refractivity contribution in [3.63, 3.8) is 0 Å². The van der Waals surface area contributed by atoms with Crippen LogP contribution in [0.5, 0.6) is 0 Å². The molecule has 2 aromatic heterocycles. The van der Waals surface area contributed by atoms with Crippen LogP contribution in [0.2, 0.25) is 0 Å². The van der Waals surface area contributed by atoms with E-state index in [2.05, 4.69) is 14.9 Å². The molecule has 2 aromatic rings. The van der Waals surface area contributed by atoms with Crippen LogP contribution in [-0.2, 0) is 9.53 Å². The summed E-state index contributed by atoms with van der Waals surface area (Å²) >= 11 is 0. The largest absolute Gasteiger partial charge is 0.378 e. The molecule has 0 bridgehead atoms. The molecule has 2 saturated heterocycles. The summed E-state index contributed by atoms with van der Waals surface area (Å²) < 4.78 is 5.39. The summed E-state index contributed by atoms with van der Waals surface area (Å²) in [5, 5.41) is 0. The van der Waals surface area contributed by atoms with E-state index in [4.69, 9.17) is 9.72 Å². The number of pyridine rings is 1. The van der Waals surface area contributed by atoms with Crippen molar-refractivity contribution in [1.82, 2.24) is 19.9 Å². The fraction of sp³-hybridized carbons (Fsp3) is 0.500. The van der Waals surface area contributed by atoms with Gasteiger partial charge in [-0.2, -0.15) is 0 Å². The Morgan fingerprint density at radius 1 is 1.15 bits per heavy atom. The topological polar surface area (TPSA) is 71.5 Å². The van der Waals surface area contributed by atoms with E-state index in [1.54, 1.807) is 6.20 Å². The molecule has 0 saturated carbocycles. The minimum Gasteiger partial charge on any atom is -0.378 e. The summed E-state index contributed by atoms with van der Waals surface area (Å²) in [5.41, 5.74) is 1.62. The second-order valence-electron chi connectivity index (χ2n) is 7.05. The van der Waals surface area contributed by atoms with Crippen LogP contribution >= 0.6 is 0 Å². The lowest BCUT2D eigenvalue weighted by atomic mass is 10.0. The number of rotatable bonds is 3. The molecule has 0 unspecified atom stereocenters. The maximum atomic E-state index is 13.1. The van der Waals surface area contributed by atoms with Crippen LogP contribution in [0.15, 0.2) is 30.5 Å². The number of morpholine rings is 1. The van der Waals surface area contributed by atoms with Gasteiger partial charge in [-0.1, -0.05) is 6.07 Å². The summed E-state index contributed by atoms with van der Waals surface area (Å²) in [6.07, 6.45) is 4.73. The van der Waals surface area contributed by atoms with Gasteiger partial charge in [-0.25, -0.2) is 9.97 Å². The average Bonchev–Trinajstić information content (AvgIpc) is 2.74. The number of hydrogen-bond donors (Lipinski definition) is 0. The highest BCUT2D eigenvalue weighted by Gasteiger charge is 2.33. The van der Waals surface area contributed by atoms with Crippen LogP contribution in [0.3, 0.4) is 0 Å². The highest BCUT2D eigenvalue weighted by atomic mass is 16.5. The summed E-state index contributed by atoms with van der Waals surface area (Å²) in [4.78, 5) is 30.9. The first kappa shape index (κ1) is 17.9. The number of nitrogens with zero attached hydrogens (tertiary/aromatic N) is 5. The quantitative estimate of drug-likeness (QED) is 0.827. The van der Waals surface area contributed by atoms with Gasteiger partial charge < -0.3 is 14.5 Å². The van der Waals surface area contributed by atoms with E-state index in [0.29, 0.717) is 32.1 Å². The van der Waals surface area contributed by atoms with Gasteiger partial charge in [-0.3, -0.25) is 9.78 Å². The van der Waals surface area contributed by atoms with Crippen LogP contribution < -0.4 is 4.90 Å². The third-order valence-corrected chi connectivity index (χ3v) is 5.14. The van der Waals surface area contributed by atoms with Crippen LogP contribution in [0.4, 0.5) is 5.82 Å². The Morgan fingerprint density at radius 3 is 2.78 bits per heavy atom. The monoisotopic (exact) mass is 367 g/mol. The molecule has 0 aromatic carbocycles. The zero-order valence-corrected chi connectivity index (χ0v) is 15.7. The third-order valence-electron chi connectivity index (χ3n) is 5.14. The van der Waals surface area contributed by atoms with Crippen molar-refractivity contribution in [2.75, 3.05) is 37.7 Å². The predicted octanol–water partition coefficient (Wildman–Crippen LogP) is 2.06. The van der Waals surface area contributed by atoms with Crippen molar-refractivity contribution in [2.24, 2.45) is 0 Å². The fourth-order valence-corrected chi connectivity index (χ4v) is 3.77. The van der Waals surface area contributed by atoms with Crippen LogP contribution in [-0.4, -0.2) is 64.6 Å². The molecular weight excluding hydrogens is 342 g/mol. The highest BCUT2D eigenvalue weighted by Crippen LogP contribution is 2.27. The smallest absolute Gasteiger partial charge is 0.245 e. The van der Waals surface area contributed by atoms with Gasteiger partial charge in [-0.05, 0) is 38.3 Å². The summed E-state index contributed by atoms with van der Waals surface area (Å²) in [7, 11) is 0. The SMILES string of the molecule is Cc1cc(N2CCCC[C@H]2C(=O)N2CCOCC2)nc(-c2ccccn2)n1. The van der Waals surface area contributed by atoms with Crippen molar-refractivity contribution in [1.29, 1.82) is 0 Å². The molecule has 4 heterocycles. The normalized spacial score (nSPS) is 20.6. The number of carbonyl (C=O) groups is 1. The molecule has 0 radical (unpaired) electrons. The van der Waals surface area contributed by atoms with Crippen molar-refractivity contribution in [3.8, 4) is 11.5 Å². The molecule has 0 spiro atoms. The lowest BCUT2D eigenvalue weighted by molar-refractivity contribution is -0.137. The number of aromatic nitrogens is 3.